The number of alkyl carbamates (subject to hydrolysis) is 2. The van der Waals surface area contributed by atoms with Crippen LogP contribution in [0.1, 0.15) is 85.7 Å². The molecule has 0 unspecified atom stereocenters. The molecule has 6 rings (SSSR count). The first-order chi connectivity index (χ1) is 24.5. The zero-order chi connectivity index (χ0) is 34.5. The molecule has 11 nitrogen and oxygen atoms in total. The van der Waals surface area contributed by atoms with Gasteiger partial charge in [-0.25, -0.2) is 14.4 Å². The second-order valence-electron chi connectivity index (χ2n) is 12.8. The standard InChI is InChI=1S/C39H42N4O7/c44-37(47-25-27-7-3-1-4-8-27)42-31-15-11-29(12-16-31)35-21-19-33(23-40-35)49-39(46)50-34-20-22-36(41-24-34)30-13-17-32(18-14-30)43-38(45)48-26-28-9-5-2-6-10-28/h1-10,19-24,29-32H,11-18,25-26H2,(H,42,44)(H,43,45). The highest BCUT2D eigenvalue weighted by atomic mass is 16.7. The molecule has 0 spiro atoms. The van der Waals surface area contributed by atoms with Gasteiger partial charge in [0, 0.05) is 35.3 Å². The minimum atomic E-state index is -0.870. The fraction of sp³-hybridized carbons (Fsp3) is 0.359. The lowest BCUT2D eigenvalue weighted by Crippen LogP contribution is -2.37. The maximum absolute atomic E-state index is 12.5. The van der Waals surface area contributed by atoms with Crippen LogP contribution in [0, 0.1) is 0 Å². The van der Waals surface area contributed by atoms with Crippen molar-refractivity contribution < 1.29 is 33.3 Å². The normalized spacial score (nSPS) is 20.2. The number of rotatable bonds is 10. The Kier molecular flexibility index (Phi) is 11.9. The van der Waals surface area contributed by atoms with E-state index in [0.29, 0.717) is 0 Å². The molecule has 2 aliphatic carbocycles. The van der Waals surface area contributed by atoms with E-state index in [1.807, 2.05) is 72.8 Å². The molecule has 2 amide bonds. The summed E-state index contributed by atoms with van der Waals surface area (Å²) in [7, 11) is 0. The van der Waals surface area contributed by atoms with Gasteiger partial charge in [-0.3, -0.25) is 9.97 Å². The lowest BCUT2D eigenvalue weighted by molar-refractivity contribution is 0.131. The van der Waals surface area contributed by atoms with Crippen molar-refractivity contribution in [3.05, 3.63) is 120 Å². The fourth-order valence-electron chi connectivity index (χ4n) is 6.53. The van der Waals surface area contributed by atoms with E-state index in [2.05, 4.69) is 20.6 Å². The van der Waals surface area contributed by atoms with Crippen molar-refractivity contribution in [3.63, 3.8) is 0 Å². The average molecular weight is 679 g/mol. The number of nitrogens with one attached hydrogen (secondary N) is 2. The van der Waals surface area contributed by atoms with Gasteiger partial charge in [-0.15, -0.1) is 0 Å². The summed E-state index contributed by atoms with van der Waals surface area (Å²) in [5.41, 5.74) is 3.74. The van der Waals surface area contributed by atoms with Gasteiger partial charge >= 0.3 is 18.3 Å². The van der Waals surface area contributed by atoms with Crippen molar-refractivity contribution in [2.24, 2.45) is 0 Å². The topological polar surface area (TPSA) is 138 Å². The molecule has 260 valence electrons. The monoisotopic (exact) mass is 678 g/mol. The number of carbonyl (C=O) groups is 3. The summed E-state index contributed by atoms with van der Waals surface area (Å²) >= 11 is 0. The highest BCUT2D eigenvalue weighted by molar-refractivity contribution is 5.68. The maximum Gasteiger partial charge on any atom is 0.519 e. The van der Waals surface area contributed by atoms with Crippen molar-refractivity contribution in [3.8, 4) is 11.5 Å². The van der Waals surface area contributed by atoms with Crippen LogP contribution in [0.4, 0.5) is 14.4 Å². The van der Waals surface area contributed by atoms with E-state index in [9.17, 15) is 14.4 Å². The predicted molar refractivity (Wildman–Crippen MR) is 185 cm³/mol. The third kappa shape index (κ3) is 10.3. The van der Waals surface area contributed by atoms with Crippen LogP contribution in [-0.2, 0) is 22.7 Å². The summed E-state index contributed by atoms with van der Waals surface area (Å²) < 4.78 is 21.4. The molecule has 2 fully saturated rings. The molecule has 2 heterocycles. The number of hydrogen-bond acceptors (Lipinski definition) is 9. The Morgan fingerprint density at radius 3 is 1.30 bits per heavy atom. The van der Waals surface area contributed by atoms with Gasteiger partial charge in [0.15, 0.2) is 11.5 Å². The summed E-state index contributed by atoms with van der Waals surface area (Å²) in [5, 5.41) is 5.94. The first kappa shape index (κ1) is 34.4. The average Bonchev–Trinajstić information content (AvgIpc) is 3.15. The van der Waals surface area contributed by atoms with Crippen molar-refractivity contribution in [2.75, 3.05) is 0 Å². The Bertz CT molecular complexity index is 1550. The molecule has 50 heavy (non-hydrogen) atoms. The third-order valence-corrected chi connectivity index (χ3v) is 9.28. The van der Waals surface area contributed by atoms with Gasteiger partial charge in [0.2, 0.25) is 0 Å². The first-order valence-electron chi connectivity index (χ1n) is 17.2. The molecule has 11 heteroatoms. The molecular formula is C39H42N4O7. The lowest BCUT2D eigenvalue weighted by atomic mass is 9.84. The van der Waals surface area contributed by atoms with Crippen LogP contribution in [-0.4, -0.2) is 40.4 Å². The minimum absolute atomic E-state index is 0.0655. The van der Waals surface area contributed by atoms with Gasteiger partial charge in [-0.2, -0.15) is 0 Å². The molecule has 2 aromatic heterocycles. The number of nitrogens with zero attached hydrogens (tertiary/aromatic N) is 2. The second-order valence-corrected chi connectivity index (χ2v) is 12.8. The molecule has 0 saturated heterocycles. The number of ether oxygens (including phenoxy) is 4. The van der Waals surface area contributed by atoms with Gasteiger partial charge in [0.25, 0.3) is 0 Å². The molecular weight excluding hydrogens is 636 g/mol. The van der Waals surface area contributed by atoms with Crippen molar-refractivity contribution in [2.45, 2.75) is 88.5 Å². The summed E-state index contributed by atoms with van der Waals surface area (Å²) in [6, 6.07) is 26.5. The van der Waals surface area contributed by atoms with Crippen LogP contribution in [0.2, 0.25) is 0 Å². The highest BCUT2D eigenvalue weighted by Gasteiger charge is 2.26. The molecule has 0 bridgehead atoms. The van der Waals surface area contributed by atoms with Crippen molar-refractivity contribution in [1.82, 2.24) is 20.6 Å². The first-order valence-corrected chi connectivity index (χ1v) is 17.2. The van der Waals surface area contributed by atoms with E-state index in [0.717, 1.165) is 73.9 Å². The van der Waals surface area contributed by atoms with Crippen LogP contribution in [0.25, 0.3) is 0 Å². The van der Waals surface area contributed by atoms with E-state index in [-0.39, 0.29) is 48.6 Å². The van der Waals surface area contributed by atoms with Crippen LogP contribution in [0.5, 0.6) is 11.5 Å². The number of pyridine rings is 2. The maximum atomic E-state index is 12.5. The summed E-state index contributed by atoms with van der Waals surface area (Å²) in [4.78, 5) is 46.0. The van der Waals surface area contributed by atoms with E-state index in [4.69, 9.17) is 18.9 Å². The second kappa shape index (κ2) is 17.3. The molecule has 0 aliphatic heterocycles. The van der Waals surface area contributed by atoms with Crippen LogP contribution < -0.4 is 20.1 Å². The van der Waals surface area contributed by atoms with Crippen LogP contribution in [0.3, 0.4) is 0 Å². The Morgan fingerprint density at radius 1 is 0.540 bits per heavy atom. The molecule has 2 N–H and O–H groups in total. The van der Waals surface area contributed by atoms with E-state index in [1.54, 1.807) is 12.1 Å². The number of carbonyl (C=O) groups excluding carboxylic acids is 3. The highest BCUT2D eigenvalue weighted by Crippen LogP contribution is 2.34. The zero-order valence-electron chi connectivity index (χ0n) is 27.9. The smallest absolute Gasteiger partial charge is 0.445 e. The SMILES string of the molecule is O=C(NC1CCC(c2ccc(OC(=O)Oc3ccc(C4CCC(NC(=O)OCc5ccccc5)CC4)nc3)cn2)CC1)OCc1ccccc1. The number of aromatic nitrogens is 2. The molecule has 4 aromatic rings. The zero-order valence-corrected chi connectivity index (χ0v) is 27.9. The van der Waals surface area contributed by atoms with E-state index in [1.165, 1.54) is 12.4 Å². The summed E-state index contributed by atoms with van der Waals surface area (Å²) in [6.07, 6.45) is 8.21. The minimum Gasteiger partial charge on any atom is -0.445 e. The molecule has 2 aromatic carbocycles. The van der Waals surface area contributed by atoms with E-state index >= 15 is 0 Å². The molecule has 2 aliphatic rings. The molecule has 0 radical (unpaired) electrons. The van der Waals surface area contributed by atoms with Crippen LogP contribution >= 0.6 is 0 Å². The third-order valence-electron chi connectivity index (χ3n) is 9.28. The van der Waals surface area contributed by atoms with Gasteiger partial charge in [-0.05, 0) is 86.8 Å². The fourth-order valence-corrected chi connectivity index (χ4v) is 6.53. The summed E-state index contributed by atoms with van der Waals surface area (Å²) in [6.45, 7) is 0.491. The summed E-state index contributed by atoms with van der Waals surface area (Å²) in [5.74, 6) is 1.08. The Hall–Kier alpha value is -5.45. The molecule has 0 atom stereocenters. The quantitative estimate of drug-likeness (QED) is 0.160. The largest absolute Gasteiger partial charge is 0.519 e. The predicted octanol–water partition coefficient (Wildman–Crippen LogP) is 7.96. The van der Waals surface area contributed by atoms with Crippen LogP contribution in [0.15, 0.2) is 97.3 Å². The van der Waals surface area contributed by atoms with Gasteiger partial charge < -0.3 is 29.6 Å². The molecule has 2 saturated carbocycles. The number of hydrogen-bond donors (Lipinski definition) is 2. The van der Waals surface area contributed by atoms with Gasteiger partial charge in [0.1, 0.15) is 13.2 Å². The lowest BCUT2D eigenvalue weighted by Gasteiger charge is -2.28. The van der Waals surface area contributed by atoms with Gasteiger partial charge in [-0.1, -0.05) is 60.7 Å². The Labute approximate surface area is 291 Å². The van der Waals surface area contributed by atoms with Crippen molar-refractivity contribution in [1.29, 1.82) is 0 Å². The van der Waals surface area contributed by atoms with Crippen molar-refractivity contribution >= 4 is 18.3 Å². The number of amides is 2. The van der Waals surface area contributed by atoms with Gasteiger partial charge in [0.05, 0.1) is 12.4 Å². The Morgan fingerprint density at radius 2 is 0.940 bits per heavy atom. The number of benzene rings is 2. The Balaban J connectivity index is 0.871. The van der Waals surface area contributed by atoms with E-state index < -0.39 is 18.3 Å².